The van der Waals surface area contributed by atoms with E-state index in [1.165, 1.54) is 76.0 Å². The van der Waals surface area contributed by atoms with Crippen molar-refractivity contribution >= 4 is 21.5 Å². The van der Waals surface area contributed by atoms with Crippen LogP contribution in [0.2, 0.25) is 0 Å². The van der Waals surface area contributed by atoms with Gasteiger partial charge in [0.25, 0.3) is 0 Å². The highest BCUT2D eigenvalue weighted by Crippen LogP contribution is 2.36. The molecular weight excluding hydrogens is 338 g/mol. The van der Waals surface area contributed by atoms with Crippen LogP contribution in [0.15, 0.2) is 66.9 Å². The van der Waals surface area contributed by atoms with Crippen LogP contribution >= 0.6 is 0 Å². The largest absolute Gasteiger partial charge is 0.220 e. The molecule has 1 nitrogen and oxygen atoms in total. The maximum absolute atomic E-state index is 2.45. The van der Waals surface area contributed by atoms with E-state index in [1.54, 1.807) is 0 Å². The molecule has 5 rings (SSSR count). The Hall–Kier alpha value is -2.67. The smallest absolute Gasteiger partial charge is 0.200 e. The van der Waals surface area contributed by atoms with Crippen molar-refractivity contribution in [3.63, 3.8) is 0 Å². The molecule has 0 aliphatic heterocycles. The molecule has 0 amide bonds. The quantitative estimate of drug-likeness (QED) is 0.342. The lowest BCUT2D eigenvalue weighted by Crippen LogP contribution is -2.30. The van der Waals surface area contributed by atoms with E-state index in [2.05, 4.69) is 85.4 Å². The van der Waals surface area contributed by atoms with Crippen LogP contribution in [-0.4, -0.2) is 0 Å². The second kappa shape index (κ2) is 7.05. The molecule has 1 heterocycles. The van der Waals surface area contributed by atoms with Crippen molar-refractivity contribution in [3.8, 4) is 11.3 Å². The molecular formula is C27H28N+. The van der Waals surface area contributed by atoms with Gasteiger partial charge in [-0.1, -0.05) is 61.7 Å². The van der Waals surface area contributed by atoms with Gasteiger partial charge in [-0.15, -0.1) is 0 Å². The van der Waals surface area contributed by atoms with Crippen LogP contribution < -0.4 is 4.57 Å². The van der Waals surface area contributed by atoms with Gasteiger partial charge in [-0.05, 0) is 65.1 Å². The average Bonchev–Trinajstić information content (AvgIpc) is 2.74. The van der Waals surface area contributed by atoms with Crippen molar-refractivity contribution in [2.45, 2.75) is 44.9 Å². The summed E-state index contributed by atoms with van der Waals surface area (Å²) in [4.78, 5) is 0. The minimum Gasteiger partial charge on any atom is -0.200 e. The van der Waals surface area contributed by atoms with E-state index < -0.39 is 0 Å². The van der Waals surface area contributed by atoms with Gasteiger partial charge in [-0.25, -0.2) is 4.57 Å². The number of pyridine rings is 1. The molecule has 4 aromatic rings. The summed E-state index contributed by atoms with van der Waals surface area (Å²) >= 11 is 0. The normalized spacial score (nSPS) is 15.4. The molecule has 1 aliphatic carbocycles. The zero-order valence-electron chi connectivity index (χ0n) is 16.9. The van der Waals surface area contributed by atoms with Crippen molar-refractivity contribution in [1.29, 1.82) is 0 Å². The Morgan fingerprint density at radius 1 is 0.786 bits per heavy atom. The molecule has 28 heavy (non-hydrogen) atoms. The lowest BCUT2D eigenvalue weighted by Gasteiger charge is -2.22. The van der Waals surface area contributed by atoms with Gasteiger partial charge < -0.3 is 0 Å². The second-order valence-corrected chi connectivity index (χ2v) is 8.47. The number of aromatic nitrogens is 1. The van der Waals surface area contributed by atoms with E-state index in [9.17, 15) is 0 Å². The first-order valence-corrected chi connectivity index (χ1v) is 10.6. The maximum atomic E-state index is 2.45. The lowest BCUT2D eigenvalue weighted by atomic mass is 9.83. The van der Waals surface area contributed by atoms with Crippen molar-refractivity contribution in [1.82, 2.24) is 0 Å². The van der Waals surface area contributed by atoms with Gasteiger partial charge in [0.15, 0.2) is 6.20 Å². The number of benzene rings is 3. The predicted octanol–water partition coefficient (Wildman–Crippen LogP) is 6.84. The molecule has 1 fully saturated rings. The van der Waals surface area contributed by atoms with E-state index in [0.717, 1.165) is 5.92 Å². The van der Waals surface area contributed by atoms with Crippen LogP contribution in [0.5, 0.6) is 0 Å². The third kappa shape index (κ3) is 2.99. The first-order chi connectivity index (χ1) is 13.7. The molecule has 1 aromatic heterocycles. The van der Waals surface area contributed by atoms with Gasteiger partial charge in [-0.2, -0.15) is 0 Å². The molecule has 0 bridgehead atoms. The summed E-state index contributed by atoms with van der Waals surface area (Å²) in [5, 5.41) is 5.33. The Morgan fingerprint density at radius 3 is 2.32 bits per heavy atom. The molecule has 0 N–H and O–H groups in total. The maximum Gasteiger partial charge on any atom is 0.220 e. The Bertz CT molecular complexity index is 1170. The summed E-state index contributed by atoms with van der Waals surface area (Å²) in [6.07, 6.45) is 9.09. The first kappa shape index (κ1) is 17.4. The standard InChI is InChI=1S/C27H28N/c1-19-16-21-10-6-7-11-22(21)18-26(19)27-25-13-12-23(20-8-4-3-5-9-20)17-24(25)14-15-28(27)2/h6-7,10-18,20H,3-5,8-9H2,1-2H3/q+1. The molecule has 0 saturated heterocycles. The van der Waals surface area contributed by atoms with Crippen LogP contribution in [0, 0.1) is 6.92 Å². The molecule has 0 atom stereocenters. The van der Waals surface area contributed by atoms with E-state index in [4.69, 9.17) is 0 Å². The number of nitrogens with zero attached hydrogens (tertiary/aromatic N) is 1. The second-order valence-electron chi connectivity index (χ2n) is 8.47. The van der Waals surface area contributed by atoms with Crippen molar-refractivity contribution in [3.05, 3.63) is 78.0 Å². The highest BCUT2D eigenvalue weighted by atomic mass is 14.9. The fourth-order valence-corrected chi connectivity index (χ4v) is 5.03. The molecule has 0 unspecified atom stereocenters. The number of hydrogen-bond donors (Lipinski definition) is 0. The third-order valence-electron chi connectivity index (χ3n) is 6.59. The van der Waals surface area contributed by atoms with E-state index in [-0.39, 0.29) is 0 Å². The minimum atomic E-state index is 0.748. The Balaban J connectivity index is 1.69. The van der Waals surface area contributed by atoms with Crippen molar-refractivity contribution in [2.24, 2.45) is 7.05 Å². The van der Waals surface area contributed by atoms with Gasteiger partial charge in [-0.3, -0.25) is 0 Å². The molecule has 1 saturated carbocycles. The summed E-state index contributed by atoms with van der Waals surface area (Å²) in [6, 6.07) is 22.8. The van der Waals surface area contributed by atoms with Gasteiger partial charge in [0.2, 0.25) is 5.69 Å². The van der Waals surface area contributed by atoms with Gasteiger partial charge in [0, 0.05) is 6.07 Å². The summed E-state index contributed by atoms with van der Waals surface area (Å²) in [5.74, 6) is 0.748. The topological polar surface area (TPSA) is 3.88 Å². The fourth-order valence-electron chi connectivity index (χ4n) is 5.03. The SMILES string of the molecule is Cc1cc2ccccc2cc1-c1c2ccc(C3CCCCC3)cc2cc[n+]1C. The van der Waals surface area contributed by atoms with Crippen LogP contribution in [0.4, 0.5) is 0 Å². The lowest BCUT2D eigenvalue weighted by molar-refractivity contribution is -0.659. The van der Waals surface area contributed by atoms with E-state index >= 15 is 0 Å². The highest BCUT2D eigenvalue weighted by Gasteiger charge is 2.20. The van der Waals surface area contributed by atoms with E-state index in [1.807, 2.05) is 0 Å². The molecule has 1 aliphatic rings. The van der Waals surface area contributed by atoms with E-state index in [0.29, 0.717) is 0 Å². The summed E-state index contributed by atoms with van der Waals surface area (Å²) in [5.41, 5.74) is 5.51. The molecule has 0 spiro atoms. The third-order valence-corrected chi connectivity index (χ3v) is 6.59. The van der Waals surface area contributed by atoms with Gasteiger partial charge in [0.1, 0.15) is 7.05 Å². The Labute approximate surface area is 167 Å². The monoisotopic (exact) mass is 366 g/mol. The van der Waals surface area contributed by atoms with Gasteiger partial charge >= 0.3 is 0 Å². The zero-order valence-corrected chi connectivity index (χ0v) is 16.9. The fraction of sp³-hybridized carbons (Fsp3) is 0.296. The number of hydrogen-bond acceptors (Lipinski definition) is 0. The molecule has 0 radical (unpaired) electrons. The van der Waals surface area contributed by atoms with Crippen LogP contribution in [0.1, 0.15) is 49.1 Å². The Kier molecular flexibility index (Phi) is 4.39. The zero-order chi connectivity index (χ0) is 19.1. The van der Waals surface area contributed by atoms with Crippen LogP contribution in [0.3, 0.4) is 0 Å². The minimum absolute atomic E-state index is 0.748. The van der Waals surface area contributed by atoms with Gasteiger partial charge in [0.05, 0.1) is 10.9 Å². The van der Waals surface area contributed by atoms with Crippen molar-refractivity contribution in [2.75, 3.05) is 0 Å². The summed E-state index contributed by atoms with van der Waals surface area (Å²) < 4.78 is 2.28. The molecule has 3 aromatic carbocycles. The summed E-state index contributed by atoms with van der Waals surface area (Å²) in [6.45, 7) is 2.23. The highest BCUT2D eigenvalue weighted by molar-refractivity contribution is 5.97. The average molecular weight is 367 g/mol. The number of fused-ring (bicyclic) bond motifs is 2. The number of aryl methyl sites for hydroxylation is 2. The number of rotatable bonds is 2. The predicted molar refractivity (Wildman–Crippen MR) is 119 cm³/mol. The molecule has 140 valence electrons. The Morgan fingerprint density at radius 2 is 1.54 bits per heavy atom. The van der Waals surface area contributed by atoms with Crippen LogP contribution in [-0.2, 0) is 7.05 Å². The first-order valence-electron chi connectivity index (χ1n) is 10.6. The summed E-state index contributed by atoms with van der Waals surface area (Å²) in [7, 11) is 2.17. The molecule has 1 heteroatoms. The van der Waals surface area contributed by atoms with Crippen LogP contribution in [0.25, 0.3) is 32.8 Å². The van der Waals surface area contributed by atoms with Crippen molar-refractivity contribution < 1.29 is 4.57 Å².